The minimum Gasteiger partial charge on any atom is -0.444 e. The number of hydrogen-bond acceptors (Lipinski definition) is 4. The summed E-state index contributed by atoms with van der Waals surface area (Å²) in [5, 5.41) is 9.34. The van der Waals surface area contributed by atoms with Gasteiger partial charge in [0.2, 0.25) is 0 Å². The Balaban J connectivity index is 2.28. The number of amides is 1. The number of likely N-dealkylation sites (tertiary alicyclic amines) is 1. The highest BCUT2D eigenvalue weighted by Crippen LogP contribution is 2.41. The molecular weight excluding hydrogens is 375 g/mol. The predicted octanol–water partition coefficient (Wildman–Crippen LogP) is 4.04. The summed E-state index contributed by atoms with van der Waals surface area (Å²) >= 11 is 0. The predicted molar refractivity (Wildman–Crippen MR) is 85.4 cm³/mol. The van der Waals surface area contributed by atoms with Crippen molar-refractivity contribution in [2.45, 2.75) is 56.9 Å². The number of aliphatic hydroxyl groups excluding tert-OH is 1. The van der Waals surface area contributed by atoms with Gasteiger partial charge in [-0.05, 0) is 32.4 Å². The van der Waals surface area contributed by atoms with Crippen molar-refractivity contribution in [1.82, 2.24) is 9.88 Å². The van der Waals surface area contributed by atoms with Crippen LogP contribution in [0.15, 0.2) is 18.5 Å². The van der Waals surface area contributed by atoms with E-state index >= 15 is 0 Å². The number of hydrogen-bond donors (Lipinski definition) is 1. The zero-order valence-corrected chi connectivity index (χ0v) is 15.1. The average Bonchev–Trinajstić information content (AvgIpc) is 2.51. The van der Waals surface area contributed by atoms with Gasteiger partial charge in [0, 0.05) is 37.5 Å². The number of piperidine rings is 1. The van der Waals surface area contributed by atoms with Crippen LogP contribution in [0.3, 0.4) is 0 Å². The lowest BCUT2D eigenvalue weighted by molar-refractivity contribution is -0.206. The first kappa shape index (κ1) is 21.3. The number of aliphatic hydroxyl groups is 1. The summed E-state index contributed by atoms with van der Waals surface area (Å²) in [6, 6.07) is 0.850. The van der Waals surface area contributed by atoms with E-state index < -0.39 is 54.3 Å². The van der Waals surface area contributed by atoms with E-state index in [2.05, 4.69) is 4.98 Å². The molecule has 1 amide bonds. The van der Waals surface area contributed by atoms with Crippen molar-refractivity contribution in [3.05, 3.63) is 29.6 Å². The van der Waals surface area contributed by atoms with Crippen molar-refractivity contribution < 1.29 is 36.6 Å². The number of pyridine rings is 1. The normalized spacial score (nSPS) is 21.7. The van der Waals surface area contributed by atoms with Crippen molar-refractivity contribution in [2.24, 2.45) is 0 Å². The largest absolute Gasteiger partial charge is 0.444 e. The minimum absolute atomic E-state index is 0.186. The van der Waals surface area contributed by atoms with Gasteiger partial charge in [-0.1, -0.05) is 0 Å². The van der Waals surface area contributed by atoms with E-state index in [0.29, 0.717) is 0 Å². The first-order valence-electron chi connectivity index (χ1n) is 8.26. The van der Waals surface area contributed by atoms with Crippen molar-refractivity contribution in [3.8, 4) is 0 Å². The average molecular weight is 396 g/mol. The van der Waals surface area contributed by atoms with Gasteiger partial charge in [0.05, 0.1) is 5.92 Å². The second kappa shape index (κ2) is 7.21. The molecule has 1 aliphatic heterocycles. The minimum atomic E-state index is -4.95. The summed E-state index contributed by atoms with van der Waals surface area (Å²) in [5.41, 5.74) is -1.63. The summed E-state index contributed by atoms with van der Waals surface area (Å²) in [7, 11) is 0. The highest BCUT2D eigenvalue weighted by Gasteiger charge is 2.47. The number of halogens is 5. The Labute approximate surface area is 153 Å². The van der Waals surface area contributed by atoms with Gasteiger partial charge in [-0.2, -0.15) is 13.2 Å². The molecular formula is C17H21F5N2O3. The summed E-state index contributed by atoms with van der Waals surface area (Å²) < 4.78 is 72.1. The van der Waals surface area contributed by atoms with Gasteiger partial charge in [-0.15, -0.1) is 0 Å². The Morgan fingerprint density at radius 3 is 2.52 bits per heavy atom. The standard InChI is InChI=1S/C17H21F5N2O3/c1-15(2,3)27-14(26)24-5-4-16(18,19)12(9-24)10-6-11(8-23-7-10)13(25)17(20,21)22/h6-8,12-13,25H,4-5,9H2,1-3H3. The maximum absolute atomic E-state index is 14.4. The Kier molecular flexibility index (Phi) is 5.70. The van der Waals surface area contributed by atoms with E-state index in [1.54, 1.807) is 20.8 Å². The molecule has 1 saturated heterocycles. The van der Waals surface area contributed by atoms with Crippen LogP contribution in [0.5, 0.6) is 0 Å². The Hall–Kier alpha value is -1.97. The smallest absolute Gasteiger partial charge is 0.418 e. The number of alkyl halides is 5. The zero-order valence-electron chi connectivity index (χ0n) is 15.1. The van der Waals surface area contributed by atoms with Crippen LogP contribution in [0.4, 0.5) is 26.7 Å². The molecule has 0 aliphatic carbocycles. The van der Waals surface area contributed by atoms with Gasteiger partial charge in [0.15, 0.2) is 6.10 Å². The molecule has 0 bridgehead atoms. The molecule has 1 N–H and O–H groups in total. The number of ether oxygens (including phenoxy) is 1. The van der Waals surface area contributed by atoms with E-state index in [1.165, 1.54) is 0 Å². The van der Waals surface area contributed by atoms with Crippen molar-refractivity contribution in [3.63, 3.8) is 0 Å². The zero-order chi connectivity index (χ0) is 20.6. The van der Waals surface area contributed by atoms with E-state index in [4.69, 9.17) is 4.74 Å². The number of carbonyl (C=O) groups is 1. The Morgan fingerprint density at radius 2 is 1.96 bits per heavy atom. The molecule has 0 saturated carbocycles. The third-order valence-corrected chi connectivity index (χ3v) is 4.09. The van der Waals surface area contributed by atoms with E-state index in [9.17, 15) is 31.9 Å². The quantitative estimate of drug-likeness (QED) is 0.767. The van der Waals surface area contributed by atoms with Crippen LogP contribution in [0.1, 0.15) is 50.3 Å². The van der Waals surface area contributed by atoms with Crippen LogP contribution in [0, 0.1) is 0 Å². The lowest BCUT2D eigenvalue weighted by atomic mass is 9.87. The van der Waals surface area contributed by atoms with Gasteiger partial charge in [-0.25, -0.2) is 13.6 Å². The topological polar surface area (TPSA) is 62.7 Å². The summed E-state index contributed by atoms with van der Waals surface area (Å²) in [5.74, 6) is -4.81. The molecule has 5 nitrogen and oxygen atoms in total. The fourth-order valence-corrected chi connectivity index (χ4v) is 2.75. The fourth-order valence-electron chi connectivity index (χ4n) is 2.75. The molecule has 2 atom stereocenters. The summed E-state index contributed by atoms with van der Waals surface area (Å²) in [6.07, 6.45) is -7.43. The third kappa shape index (κ3) is 5.27. The van der Waals surface area contributed by atoms with Crippen molar-refractivity contribution in [2.75, 3.05) is 13.1 Å². The van der Waals surface area contributed by atoms with Crippen molar-refractivity contribution in [1.29, 1.82) is 0 Å². The lowest BCUT2D eigenvalue weighted by Gasteiger charge is -2.39. The highest BCUT2D eigenvalue weighted by molar-refractivity contribution is 5.68. The second-order valence-electron chi connectivity index (χ2n) is 7.49. The van der Waals surface area contributed by atoms with Crippen LogP contribution >= 0.6 is 0 Å². The van der Waals surface area contributed by atoms with E-state index in [0.717, 1.165) is 23.4 Å². The fraction of sp³-hybridized carbons (Fsp3) is 0.647. The first-order valence-corrected chi connectivity index (χ1v) is 8.26. The van der Waals surface area contributed by atoms with Gasteiger partial charge in [-0.3, -0.25) is 4.98 Å². The molecule has 0 aromatic carbocycles. The Morgan fingerprint density at radius 1 is 1.33 bits per heavy atom. The molecule has 152 valence electrons. The number of rotatable bonds is 2. The van der Waals surface area contributed by atoms with Crippen LogP contribution in [0.25, 0.3) is 0 Å². The van der Waals surface area contributed by atoms with Crippen LogP contribution in [-0.2, 0) is 4.74 Å². The monoisotopic (exact) mass is 396 g/mol. The van der Waals surface area contributed by atoms with Gasteiger partial charge >= 0.3 is 12.3 Å². The maximum atomic E-state index is 14.4. The van der Waals surface area contributed by atoms with Crippen LogP contribution in [0.2, 0.25) is 0 Å². The Bertz CT molecular complexity index is 688. The molecule has 2 heterocycles. The van der Waals surface area contributed by atoms with Crippen molar-refractivity contribution >= 4 is 6.09 Å². The van der Waals surface area contributed by atoms with Gasteiger partial charge in [0.1, 0.15) is 5.60 Å². The molecule has 2 rings (SSSR count). The molecule has 1 aliphatic rings. The first-order chi connectivity index (χ1) is 12.2. The molecule has 1 aromatic rings. The second-order valence-corrected chi connectivity index (χ2v) is 7.49. The number of aromatic nitrogens is 1. The molecule has 10 heteroatoms. The molecule has 1 aromatic heterocycles. The maximum Gasteiger partial charge on any atom is 0.418 e. The molecule has 0 spiro atoms. The molecule has 0 radical (unpaired) electrons. The summed E-state index contributed by atoms with van der Waals surface area (Å²) in [4.78, 5) is 16.8. The van der Waals surface area contributed by atoms with E-state index in [1.807, 2.05) is 0 Å². The van der Waals surface area contributed by atoms with E-state index in [-0.39, 0.29) is 12.1 Å². The third-order valence-electron chi connectivity index (χ3n) is 4.09. The summed E-state index contributed by atoms with van der Waals surface area (Å²) in [6.45, 7) is 4.22. The van der Waals surface area contributed by atoms with Gasteiger partial charge < -0.3 is 14.7 Å². The number of nitrogens with zero attached hydrogens (tertiary/aromatic N) is 2. The molecule has 1 fully saturated rings. The number of carbonyl (C=O) groups excluding carboxylic acids is 1. The van der Waals surface area contributed by atoms with Gasteiger partial charge in [0.25, 0.3) is 5.92 Å². The SMILES string of the molecule is CC(C)(C)OC(=O)N1CCC(F)(F)C(c2cncc(C(O)C(F)(F)F)c2)C1. The lowest BCUT2D eigenvalue weighted by Crippen LogP contribution is -2.49. The molecule has 27 heavy (non-hydrogen) atoms. The van der Waals surface area contributed by atoms with Crippen LogP contribution < -0.4 is 0 Å². The highest BCUT2D eigenvalue weighted by atomic mass is 19.4. The molecule has 2 unspecified atom stereocenters. The van der Waals surface area contributed by atoms with Crippen LogP contribution in [-0.4, -0.2) is 51.9 Å².